The minimum atomic E-state index is -0.313. The van der Waals surface area contributed by atoms with Gasteiger partial charge in [0.25, 0.3) is 5.91 Å². The summed E-state index contributed by atoms with van der Waals surface area (Å²) in [6, 6.07) is 8.05. The van der Waals surface area contributed by atoms with Crippen LogP contribution < -0.4 is 5.73 Å². The van der Waals surface area contributed by atoms with E-state index in [0.717, 1.165) is 31.2 Å². The zero-order valence-electron chi connectivity index (χ0n) is 12.0. The van der Waals surface area contributed by atoms with Crippen molar-refractivity contribution in [2.45, 2.75) is 50.5 Å². The van der Waals surface area contributed by atoms with Crippen molar-refractivity contribution in [1.82, 2.24) is 4.90 Å². The molecule has 1 aliphatic carbocycles. The summed E-state index contributed by atoms with van der Waals surface area (Å²) in [7, 11) is 0. The van der Waals surface area contributed by atoms with Crippen LogP contribution in [0.1, 0.15) is 31.2 Å². The second-order valence-electron chi connectivity index (χ2n) is 5.88. The van der Waals surface area contributed by atoms with Gasteiger partial charge >= 0.3 is 0 Å². The van der Waals surface area contributed by atoms with E-state index in [4.69, 9.17) is 22.1 Å². The minimum absolute atomic E-state index is 0.0375. The highest BCUT2D eigenvalue weighted by molar-refractivity contribution is 6.30. The summed E-state index contributed by atoms with van der Waals surface area (Å²) in [6.07, 6.45) is 3.57. The Morgan fingerprint density at radius 1 is 1.24 bits per heavy atom. The molecule has 4 nitrogen and oxygen atoms in total. The van der Waals surface area contributed by atoms with Crippen LogP contribution in [0.4, 0.5) is 0 Å². The van der Waals surface area contributed by atoms with E-state index in [1.165, 1.54) is 0 Å². The fourth-order valence-corrected chi connectivity index (χ4v) is 2.93. The monoisotopic (exact) mass is 308 g/mol. The van der Waals surface area contributed by atoms with Crippen molar-refractivity contribution >= 4 is 17.5 Å². The molecule has 0 unspecified atom stereocenters. The van der Waals surface area contributed by atoms with Crippen LogP contribution in [-0.2, 0) is 16.1 Å². The molecule has 2 atom stereocenters. The second kappa shape index (κ2) is 6.34. The van der Waals surface area contributed by atoms with E-state index in [9.17, 15) is 4.79 Å². The molecule has 0 spiro atoms. The first-order chi connectivity index (χ1) is 10.2. The van der Waals surface area contributed by atoms with Gasteiger partial charge in [0.05, 0.1) is 6.10 Å². The predicted octanol–water partition coefficient (Wildman–Crippen LogP) is 2.34. The van der Waals surface area contributed by atoms with Gasteiger partial charge in [-0.1, -0.05) is 23.7 Å². The van der Waals surface area contributed by atoms with E-state index in [1.807, 2.05) is 29.2 Å². The molecule has 2 N–H and O–H groups in total. The van der Waals surface area contributed by atoms with E-state index in [0.29, 0.717) is 24.2 Å². The van der Waals surface area contributed by atoms with Crippen LogP contribution in [0.3, 0.4) is 0 Å². The van der Waals surface area contributed by atoms with Gasteiger partial charge in [-0.05, 0) is 43.4 Å². The highest BCUT2D eigenvalue weighted by atomic mass is 35.5. The molecule has 1 heterocycles. The Morgan fingerprint density at radius 3 is 2.52 bits per heavy atom. The minimum Gasteiger partial charge on any atom is -0.364 e. The lowest BCUT2D eigenvalue weighted by Gasteiger charge is -2.25. The molecule has 0 radical (unpaired) electrons. The first-order valence-corrected chi connectivity index (χ1v) is 7.95. The molecule has 114 valence electrons. The molecule has 2 aliphatic rings. The largest absolute Gasteiger partial charge is 0.364 e. The maximum Gasteiger partial charge on any atom is 0.252 e. The quantitative estimate of drug-likeness (QED) is 0.908. The Kier molecular flexibility index (Phi) is 4.48. The molecule has 1 aliphatic heterocycles. The molecule has 21 heavy (non-hydrogen) atoms. The summed E-state index contributed by atoms with van der Waals surface area (Å²) < 4.78 is 5.75. The average Bonchev–Trinajstić information content (AvgIpc) is 3.22. The van der Waals surface area contributed by atoms with E-state index in [1.54, 1.807) is 0 Å². The summed E-state index contributed by atoms with van der Waals surface area (Å²) in [5.41, 5.74) is 6.72. The van der Waals surface area contributed by atoms with Gasteiger partial charge in [-0.15, -0.1) is 0 Å². The predicted molar refractivity (Wildman–Crippen MR) is 82.0 cm³/mol. The number of nitrogens with two attached hydrogens (primary N) is 1. The maximum atomic E-state index is 12.7. The third kappa shape index (κ3) is 3.57. The normalized spacial score (nSPS) is 25.0. The molecule has 1 aromatic rings. The van der Waals surface area contributed by atoms with Gasteiger partial charge in [-0.25, -0.2) is 0 Å². The van der Waals surface area contributed by atoms with Crippen LogP contribution >= 0.6 is 11.6 Å². The number of amides is 1. The number of rotatable bonds is 5. The molecule has 1 saturated heterocycles. The Bertz CT molecular complexity index is 502. The number of carbonyl (C=O) groups excluding carboxylic acids is 1. The first-order valence-electron chi connectivity index (χ1n) is 7.58. The standard InChI is InChI=1S/C16H21ClN2O2/c17-12-3-1-11(2-4-12)10-19(13-5-6-13)16(20)15-8-7-14(9-18)21-15/h1-4,13-15H,5-10,18H2/t14-,15+/m1/s1. The topological polar surface area (TPSA) is 55.6 Å². The molecular weight excluding hydrogens is 288 g/mol. The maximum absolute atomic E-state index is 12.7. The Labute approximate surface area is 130 Å². The van der Waals surface area contributed by atoms with Crippen LogP contribution in [0.5, 0.6) is 0 Å². The van der Waals surface area contributed by atoms with Crippen LogP contribution in [0, 0.1) is 0 Å². The molecule has 0 bridgehead atoms. The lowest BCUT2D eigenvalue weighted by Crippen LogP contribution is -2.40. The number of nitrogens with zero attached hydrogens (tertiary/aromatic N) is 1. The fraction of sp³-hybridized carbons (Fsp3) is 0.562. The average molecular weight is 309 g/mol. The third-order valence-corrected chi connectivity index (χ3v) is 4.43. The van der Waals surface area contributed by atoms with Gasteiger partial charge in [-0.3, -0.25) is 4.79 Å². The zero-order valence-corrected chi connectivity index (χ0v) is 12.8. The molecule has 3 rings (SSSR count). The lowest BCUT2D eigenvalue weighted by atomic mass is 10.1. The summed E-state index contributed by atoms with van der Waals surface area (Å²) in [4.78, 5) is 14.7. The van der Waals surface area contributed by atoms with Crippen molar-refractivity contribution in [3.63, 3.8) is 0 Å². The van der Waals surface area contributed by atoms with Crippen LogP contribution in [-0.4, -0.2) is 35.6 Å². The Morgan fingerprint density at radius 2 is 1.95 bits per heavy atom. The van der Waals surface area contributed by atoms with Crippen LogP contribution in [0.2, 0.25) is 5.02 Å². The van der Waals surface area contributed by atoms with E-state index in [2.05, 4.69) is 0 Å². The summed E-state index contributed by atoms with van der Waals surface area (Å²) >= 11 is 5.91. The molecule has 1 aromatic carbocycles. The van der Waals surface area contributed by atoms with Gasteiger partial charge in [-0.2, -0.15) is 0 Å². The highest BCUT2D eigenvalue weighted by Crippen LogP contribution is 2.31. The second-order valence-corrected chi connectivity index (χ2v) is 6.32. The summed E-state index contributed by atoms with van der Waals surface area (Å²) in [6.45, 7) is 1.12. The number of hydrogen-bond acceptors (Lipinski definition) is 3. The van der Waals surface area contributed by atoms with Crippen molar-refractivity contribution < 1.29 is 9.53 Å². The molecule has 0 aromatic heterocycles. The number of ether oxygens (including phenoxy) is 1. The fourth-order valence-electron chi connectivity index (χ4n) is 2.81. The van der Waals surface area contributed by atoms with Crippen molar-refractivity contribution in [1.29, 1.82) is 0 Å². The smallest absolute Gasteiger partial charge is 0.252 e. The highest BCUT2D eigenvalue weighted by Gasteiger charge is 2.39. The summed E-state index contributed by atoms with van der Waals surface area (Å²) in [5.74, 6) is 0.114. The van der Waals surface area contributed by atoms with Crippen molar-refractivity contribution in [2.24, 2.45) is 5.73 Å². The zero-order chi connectivity index (χ0) is 14.8. The van der Waals surface area contributed by atoms with Gasteiger partial charge in [0.2, 0.25) is 0 Å². The van der Waals surface area contributed by atoms with Crippen molar-refractivity contribution in [3.8, 4) is 0 Å². The Balaban J connectivity index is 1.67. The van der Waals surface area contributed by atoms with Gasteiger partial charge in [0, 0.05) is 24.2 Å². The number of halogens is 1. The van der Waals surface area contributed by atoms with Gasteiger partial charge in [0.15, 0.2) is 0 Å². The van der Waals surface area contributed by atoms with Crippen LogP contribution in [0.25, 0.3) is 0 Å². The van der Waals surface area contributed by atoms with E-state index < -0.39 is 0 Å². The lowest BCUT2D eigenvalue weighted by molar-refractivity contribution is -0.144. The van der Waals surface area contributed by atoms with Gasteiger partial charge in [0.1, 0.15) is 6.10 Å². The third-order valence-electron chi connectivity index (χ3n) is 4.18. The van der Waals surface area contributed by atoms with Crippen molar-refractivity contribution in [3.05, 3.63) is 34.9 Å². The van der Waals surface area contributed by atoms with E-state index in [-0.39, 0.29) is 18.1 Å². The first kappa shape index (κ1) is 14.8. The number of hydrogen-bond donors (Lipinski definition) is 1. The molecule has 1 amide bonds. The van der Waals surface area contributed by atoms with E-state index >= 15 is 0 Å². The van der Waals surface area contributed by atoms with Crippen molar-refractivity contribution in [2.75, 3.05) is 6.54 Å². The van der Waals surface area contributed by atoms with Gasteiger partial charge < -0.3 is 15.4 Å². The number of carbonyl (C=O) groups is 1. The molecule has 5 heteroatoms. The molecular formula is C16H21ClN2O2. The van der Waals surface area contributed by atoms with Crippen LogP contribution in [0.15, 0.2) is 24.3 Å². The summed E-state index contributed by atoms with van der Waals surface area (Å²) in [5, 5.41) is 0.716. The number of benzene rings is 1. The Hall–Kier alpha value is -1.10. The SMILES string of the molecule is NC[C@H]1CC[C@@H](C(=O)N(Cc2ccc(Cl)cc2)C2CC2)O1. The molecule has 2 fully saturated rings. The molecule has 1 saturated carbocycles.